The average Bonchev–Trinajstić information content (AvgIpc) is 2.58. The van der Waals surface area contributed by atoms with Gasteiger partial charge in [0, 0.05) is 35.6 Å². The molecule has 2 heteroatoms. The van der Waals surface area contributed by atoms with Crippen molar-refractivity contribution in [3.8, 4) is 23.0 Å². The van der Waals surface area contributed by atoms with Crippen molar-refractivity contribution in [1.29, 1.82) is 0 Å². The van der Waals surface area contributed by atoms with E-state index in [1.165, 1.54) is 5.56 Å². The molecule has 102 valence electrons. The Kier molecular flexibility index (Phi) is 2.20. The van der Waals surface area contributed by atoms with Gasteiger partial charge in [-0.2, -0.15) is 0 Å². The lowest BCUT2D eigenvalue weighted by Gasteiger charge is -2.26. The van der Waals surface area contributed by atoms with Crippen LogP contribution in [-0.4, -0.2) is 0 Å². The molecule has 0 saturated heterocycles. The number of hydrogen-bond acceptors (Lipinski definition) is 2. The highest BCUT2D eigenvalue weighted by Gasteiger charge is 2.26. The van der Waals surface area contributed by atoms with Crippen LogP contribution in [0.2, 0.25) is 0 Å². The van der Waals surface area contributed by atoms with E-state index in [9.17, 15) is 0 Å². The Bertz CT molecular complexity index is 821. The zero-order valence-corrected chi connectivity index (χ0v) is 11.7. The molecule has 0 aliphatic carbocycles. The monoisotopic (exact) mass is 282 g/mol. The highest BCUT2D eigenvalue weighted by Crippen LogP contribution is 2.46. The average molecular weight is 282 g/mol. The molecule has 0 saturated carbocycles. The number of ether oxygens (including phenoxy) is 2. The van der Waals surface area contributed by atoms with Crippen LogP contribution >= 0.6 is 0 Å². The van der Waals surface area contributed by atoms with Gasteiger partial charge in [0.25, 0.3) is 0 Å². The maximum absolute atomic E-state index is 6.14. The zero-order chi connectivity index (χ0) is 14.5. The van der Waals surface area contributed by atoms with Crippen LogP contribution in [0.1, 0.15) is 22.3 Å². The van der Waals surface area contributed by atoms with E-state index in [0.717, 1.165) is 52.5 Å². The third-order valence-corrected chi connectivity index (χ3v) is 4.17. The Labute approximate surface area is 128 Å². The molecule has 5 rings (SSSR count). The molecule has 0 bridgehead atoms. The van der Waals surface area contributed by atoms with E-state index in [4.69, 9.17) is 9.47 Å². The fourth-order valence-electron chi connectivity index (χ4n) is 3.07. The summed E-state index contributed by atoms with van der Waals surface area (Å²) in [7, 11) is 0. The van der Waals surface area contributed by atoms with Crippen molar-refractivity contribution >= 4 is 0 Å². The summed E-state index contributed by atoms with van der Waals surface area (Å²) >= 11 is 0. The standard InChI is InChI=1S/C20H10O2/c1-4-8-18-13(5-1)11-15-9-10-19-16(20(15)22-18)12-14-6-2-3-7-17(14)21-19/h2,5-6,8-10H,11-12H2. The molecule has 0 fully saturated rings. The van der Waals surface area contributed by atoms with Gasteiger partial charge in [0.2, 0.25) is 0 Å². The van der Waals surface area contributed by atoms with Crippen molar-refractivity contribution in [2.24, 2.45) is 0 Å². The first-order chi connectivity index (χ1) is 10.9. The SMILES string of the molecule is c1ccc2c(c#1)Oc1ccc3c(c1C2)Oc1cc#ccc1C3. The first-order valence-electron chi connectivity index (χ1n) is 7.21. The Morgan fingerprint density at radius 1 is 0.773 bits per heavy atom. The molecule has 3 aromatic rings. The lowest BCUT2D eigenvalue weighted by atomic mass is 9.93. The van der Waals surface area contributed by atoms with Crippen LogP contribution in [0.3, 0.4) is 0 Å². The summed E-state index contributed by atoms with van der Waals surface area (Å²) in [5.41, 5.74) is 4.54. The van der Waals surface area contributed by atoms with Gasteiger partial charge in [-0.15, -0.1) is 0 Å². The number of benzene rings is 1. The van der Waals surface area contributed by atoms with Gasteiger partial charge in [-0.25, -0.2) is 0 Å². The Morgan fingerprint density at radius 3 is 2.73 bits per heavy atom. The van der Waals surface area contributed by atoms with E-state index >= 15 is 0 Å². The zero-order valence-electron chi connectivity index (χ0n) is 11.7. The highest BCUT2D eigenvalue weighted by atomic mass is 16.5. The van der Waals surface area contributed by atoms with Crippen molar-refractivity contribution in [2.75, 3.05) is 0 Å². The molecule has 0 amide bonds. The number of fused-ring (bicyclic) bond motifs is 5. The third-order valence-electron chi connectivity index (χ3n) is 4.17. The predicted octanol–water partition coefficient (Wildman–Crippen LogP) is 4.28. The van der Waals surface area contributed by atoms with E-state index in [-0.39, 0.29) is 0 Å². The molecule has 0 N–H and O–H groups in total. The maximum atomic E-state index is 6.14. The van der Waals surface area contributed by atoms with Crippen LogP contribution in [-0.2, 0) is 12.8 Å². The molecule has 0 aromatic heterocycles. The summed E-state index contributed by atoms with van der Waals surface area (Å²) in [6, 6.07) is 23.7. The lowest BCUT2D eigenvalue weighted by molar-refractivity contribution is 0.426. The maximum Gasteiger partial charge on any atom is 0.181 e. The van der Waals surface area contributed by atoms with Gasteiger partial charge in [-0.05, 0) is 35.9 Å². The van der Waals surface area contributed by atoms with Crippen molar-refractivity contribution in [3.05, 3.63) is 82.9 Å². The van der Waals surface area contributed by atoms with Crippen LogP contribution in [0.25, 0.3) is 0 Å². The van der Waals surface area contributed by atoms with Gasteiger partial charge in [0.15, 0.2) is 5.75 Å². The largest absolute Gasteiger partial charge is 0.456 e. The second-order valence-corrected chi connectivity index (χ2v) is 5.51. The van der Waals surface area contributed by atoms with Gasteiger partial charge in [0.05, 0.1) is 0 Å². The fourth-order valence-corrected chi connectivity index (χ4v) is 3.07. The third kappa shape index (κ3) is 1.59. The topological polar surface area (TPSA) is 18.5 Å². The molecule has 2 nitrogen and oxygen atoms in total. The van der Waals surface area contributed by atoms with Gasteiger partial charge in [0.1, 0.15) is 17.2 Å². The molecule has 0 unspecified atom stereocenters. The molecule has 0 atom stereocenters. The lowest BCUT2D eigenvalue weighted by Crippen LogP contribution is -2.09. The van der Waals surface area contributed by atoms with Gasteiger partial charge >= 0.3 is 0 Å². The summed E-state index contributed by atoms with van der Waals surface area (Å²) in [5, 5.41) is 0. The Hall–Kier alpha value is -3.10. The smallest absolute Gasteiger partial charge is 0.181 e. The Morgan fingerprint density at radius 2 is 1.73 bits per heavy atom. The number of hydrogen-bond donors (Lipinski definition) is 0. The molecule has 2 aliphatic rings. The minimum Gasteiger partial charge on any atom is -0.456 e. The molecular formula is C20H10O2. The van der Waals surface area contributed by atoms with Crippen LogP contribution in [0, 0.1) is 24.3 Å². The molecule has 22 heavy (non-hydrogen) atoms. The molecular weight excluding hydrogens is 272 g/mol. The van der Waals surface area contributed by atoms with E-state index < -0.39 is 0 Å². The molecule has 0 radical (unpaired) electrons. The Balaban J connectivity index is 1.64. The minimum atomic E-state index is 0.758. The van der Waals surface area contributed by atoms with Crippen LogP contribution in [0.15, 0.2) is 36.4 Å². The summed E-state index contributed by atoms with van der Waals surface area (Å²) in [6.07, 6.45) is 1.64. The predicted molar refractivity (Wildman–Crippen MR) is 80.4 cm³/mol. The first kappa shape index (κ1) is 11.5. The van der Waals surface area contributed by atoms with Crippen molar-refractivity contribution < 1.29 is 9.47 Å². The molecule has 2 aliphatic heterocycles. The minimum absolute atomic E-state index is 0.758. The number of rotatable bonds is 0. The summed E-state index contributed by atoms with van der Waals surface area (Å²) in [4.78, 5) is 0. The first-order valence-corrected chi connectivity index (χ1v) is 7.21. The molecule has 0 spiro atoms. The van der Waals surface area contributed by atoms with Gasteiger partial charge < -0.3 is 9.47 Å². The molecule has 3 aromatic carbocycles. The second kappa shape index (κ2) is 4.20. The van der Waals surface area contributed by atoms with Crippen molar-refractivity contribution in [2.45, 2.75) is 12.8 Å². The fraction of sp³-hybridized carbons (Fsp3) is 0.100. The van der Waals surface area contributed by atoms with E-state index in [1.54, 1.807) is 0 Å². The quantitative estimate of drug-likeness (QED) is 0.422. The summed E-state index contributed by atoms with van der Waals surface area (Å²) in [5.74, 6) is 3.38. The highest BCUT2D eigenvalue weighted by molar-refractivity contribution is 5.61. The van der Waals surface area contributed by atoms with E-state index in [0.29, 0.717) is 0 Å². The van der Waals surface area contributed by atoms with Gasteiger partial charge in [-0.1, -0.05) is 24.3 Å². The van der Waals surface area contributed by atoms with E-state index in [2.05, 4.69) is 30.3 Å². The van der Waals surface area contributed by atoms with Crippen LogP contribution in [0.5, 0.6) is 23.0 Å². The summed E-state index contributed by atoms with van der Waals surface area (Å²) in [6.45, 7) is 0. The van der Waals surface area contributed by atoms with Crippen LogP contribution < -0.4 is 9.47 Å². The second-order valence-electron chi connectivity index (χ2n) is 5.51. The molecule has 2 heterocycles. The van der Waals surface area contributed by atoms with E-state index in [1.807, 2.05) is 30.3 Å². The van der Waals surface area contributed by atoms with Gasteiger partial charge in [-0.3, -0.25) is 0 Å². The normalized spacial score (nSPS) is 13.1. The summed E-state index contributed by atoms with van der Waals surface area (Å²) < 4.78 is 12.1. The van der Waals surface area contributed by atoms with Crippen molar-refractivity contribution in [3.63, 3.8) is 0 Å². The van der Waals surface area contributed by atoms with Crippen LogP contribution in [0.4, 0.5) is 0 Å². The van der Waals surface area contributed by atoms with Crippen molar-refractivity contribution in [1.82, 2.24) is 0 Å².